The van der Waals surface area contributed by atoms with Crippen molar-refractivity contribution in [2.45, 2.75) is 11.3 Å². The summed E-state index contributed by atoms with van der Waals surface area (Å²) in [5.74, 6) is 0. The van der Waals surface area contributed by atoms with E-state index in [0.29, 0.717) is 11.4 Å². The zero-order valence-electron chi connectivity index (χ0n) is 10.3. The highest BCUT2D eigenvalue weighted by molar-refractivity contribution is 7.89. The van der Waals surface area contributed by atoms with E-state index in [4.69, 9.17) is 28.9 Å². The molecule has 1 aromatic carbocycles. The Morgan fingerprint density at radius 3 is 2.65 bits per heavy atom. The quantitative estimate of drug-likeness (QED) is 0.813. The monoisotopic (exact) mass is 350 g/mol. The molecule has 1 heterocycles. The van der Waals surface area contributed by atoms with Crippen molar-refractivity contribution in [3.05, 3.63) is 44.6 Å². The fourth-order valence-electron chi connectivity index (χ4n) is 1.70. The molecular formula is C12H12Cl2N2O2S2. The van der Waals surface area contributed by atoms with Crippen LogP contribution in [0.4, 0.5) is 5.69 Å². The molecule has 20 heavy (non-hydrogen) atoms. The van der Waals surface area contributed by atoms with Crippen LogP contribution < -0.4 is 10.5 Å². The molecule has 0 saturated heterocycles. The Labute approximate surface area is 131 Å². The smallest absolute Gasteiger partial charge is 0.244 e. The second kappa shape index (κ2) is 6.32. The lowest BCUT2D eigenvalue weighted by atomic mass is 10.3. The fraction of sp³-hybridized carbons (Fsp3) is 0.167. The van der Waals surface area contributed by atoms with Gasteiger partial charge in [0.2, 0.25) is 10.0 Å². The van der Waals surface area contributed by atoms with Crippen LogP contribution in [0, 0.1) is 0 Å². The van der Waals surface area contributed by atoms with Gasteiger partial charge >= 0.3 is 0 Å². The second-order valence-corrected chi connectivity index (χ2v) is 7.61. The summed E-state index contributed by atoms with van der Waals surface area (Å²) in [4.78, 5) is 0.970. The van der Waals surface area contributed by atoms with Crippen molar-refractivity contribution in [3.63, 3.8) is 0 Å². The van der Waals surface area contributed by atoms with E-state index in [2.05, 4.69) is 4.72 Å². The fourth-order valence-corrected chi connectivity index (χ4v) is 4.42. The first-order chi connectivity index (χ1) is 9.40. The lowest BCUT2D eigenvalue weighted by Crippen LogP contribution is -2.27. The first-order valence-electron chi connectivity index (χ1n) is 5.67. The number of nitrogens with one attached hydrogen (secondary N) is 1. The average Bonchev–Trinajstić information content (AvgIpc) is 2.79. The molecule has 2 aromatic rings. The maximum atomic E-state index is 12.2. The summed E-state index contributed by atoms with van der Waals surface area (Å²) >= 11 is 13.3. The zero-order chi connectivity index (χ0) is 14.8. The molecule has 108 valence electrons. The van der Waals surface area contributed by atoms with E-state index >= 15 is 0 Å². The normalized spacial score (nSPS) is 11.7. The van der Waals surface area contributed by atoms with Crippen LogP contribution in [0.25, 0.3) is 0 Å². The van der Waals surface area contributed by atoms with Gasteiger partial charge < -0.3 is 5.73 Å². The van der Waals surface area contributed by atoms with Gasteiger partial charge in [-0.25, -0.2) is 13.1 Å². The predicted molar refractivity (Wildman–Crippen MR) is 84.1 cm³/mol. The molecule has 2 rings (SSSR count). The first kappa shape index (κ1) is 15.6. The zero-order valence-corrected chi connectivity index (χ0v) is 13.4. The van der Waals surface area contributed by atoms with Gasteiger partial charge in [-0.2, -0.15) is 0 Å². The van der Waals surface area contributed by atoms with Crippen LogP contribution in [0.1, 0.15) is 4.88 Å². The van der Waals surface area contributed by atoms with E-state index in [1.807, 2.05) is 17.5 Å². The summed E-state index contributed by atoms with van der Waals surface area (Å²) in [6.07, 6.45) is 0.613. The molecular weight excluding hydrogens is 339 g/mol. The molecule has 0 bridgehead atoms. The Balaban J connectivity index is 2.14. The Morgan fingerprint density at radius 2 is 2.05 bits per heavy atom. The van der Waals surface area contributed by atoms with Gasteiger partial charge in [-0.3, -0.25) is 0 Å². The molecule has 0 radical (unpaired) electrons. The maximum absolute atomic E-state index is 12.2. The van der Waals surface area contributed by atoms with Gasteiger partial charge in [0, 0.05) is 16.4 Å². The van der Waals surface area contributed by atoms with E-state index in [9.17, 15) is 8.42 Å². The molecule has 0 unspecified atom stereocenters. The summed E-state index contributed by atoms with van der Waals surface area (Å²) in [7, 11) is -3.75. The summed E-state index contributed by atoms with van der Waals surface area (Å²) in [6, 6.07) is 6.58. The summed E-state index contributed by atoms with van der Waals surface area (Å²) < 4.78 is 26.9. The molecule has 0 amide bonds. The van der Waals surface area contributed by atoms with Gasteiger partial charge in [0.15, 0.2) is 0 Å². The molecule has 1 aromatic heterocycles. The third-order valence-corrected chi connectivity index (χ3v) is 5.69. The molecule has 0 aliphatic heterocycles. The summed E-state index contributed by atoms with van der Waals surface area (Å²) in [6.45, 7) is 0.279. The molecule has 0 spiro atoms. The van der Waals surface area contributed by atoms with Crippen molar-refractivity contribution in [2.75, 3.05) is 12.3 Å². The highest BCUT2D eigenvalue weighted by Crippen LogP contribution is 2.30. The van der Waals surface area contributed by atoms with Crippen molar-refractivity contribution in [2.24, 2.45) is 0 Å². The standard InChI is InChI=1S/C12H12Cl2N2O2S2/c13-8-6-10(14)12(11(15)7-8)20(17,18)16-4-3-9-2-1-5-19-9/h1-2,5-7,16H,3-4,15H2. The SMILES string of the molecule is Nc1cc(Cl)cc(Cl)c1S(=O)(=O)NCCc1cccs1. The third kappa shape index (κ3) is 3.65. The number of hydrogen-bond acceptors (Lipinski definition) is 4. The predicted octanol–water partition coefficient (Wildman–Crippen LogP) is 3.16. The molecule has 0 atom stereocenters. The molecule has 3 N–H and O–H groups in total. The minimum atomic E-state index is -3.75. The van der Waals surface area contributed by atoms with E-state index in [1.165, 1.54) is 12.1 Å². The molecule has 8 heteroatoms. The lowest BCUT2D eigenvalue weighted by Gasteiger charge is -2.11. The topological polar surface area (TPSA) is 72.2 Å². The van der Waals surface area contributed by atoms with Crippen LogP contribution in [0.3, 0.4) is 0 Å². The highest BCUT2D eigenvalue weighted by atomic mass is 35.5. The molecule has 0 aliphatic rings. The number of sulfonamides is 1. The van der Waals surface area contributed by atoms with Crippen LogP contribution in [0.5, 0.6) is 0 Å². The number of benzene rings is 1. The minimum Gasteiger partial charge on any atom is -0.398 e. The number of nitrogen functional groups attached to an aromatic ring is 1. The van der Waals surface area contributed by atoms with Gasteiger partial charge in [-0.15, -0.1) is 11.3 Å². The largest absolute Gasteiger partial charge is 0.398 e. The van der Waals surface area contributed by atoms with Crippen LogP contribution in [-0.2, 0) is 16.4 Å². The Kier molecular flexibility index (Phi) is 4.93. The van der Waals surface area contributed by atoms with Gasteiger partial charge in [0.05, 0.1) is 10.7 Å². The average molecular weight is 351 g/mol. The third-order valence-electron chi connectivity index (χ3n) is 2.55. The first-order valence-corrected chi connectivity index (χ1v) is 8.78. The van der Waals surface area contributed by atoms with E-state index < -0.39 is 10.0 Å². The van der Waals surface area contributed by atoms with Crippen molar-refractivity contribution in [3.8, 4) is 0 Å². The van der Waals surface area contributed by atoms with Crippen LogP contribution in [-0.4, -0.2) is 15.0 Å². The number of nitrogens with two attached hydrogens (primary N) is 1. The Bertz CT molecular complexity index is 677. The number of halogens is 2. The number of thiophene rings is 1. The lowest BCUT2D eigenvalue weighted by molar-refractivity contribution is 0.582. The van der Waals surface area contributed by atoms with Crippen molar-refractivity contribution >= 4 is 50.2 Å². The molecule has 0 saturated carbocycles. The number of hydrogen-bond donors (Lipinski definition) is 2. The van der Waals surface area contributed by atoms with Gasteiger partial charge in [-0.05, 0) is 30.0 Å². The van der Waals surface area contributed by atoms with Gasteiger partial charge in [-0.1, -0.05) is 29.3 Å². The van der Waals surface area contributed by atoms with Gasteiger partial charge in [0.25, 0.3) is 0 Å². The van der Waals surface area contributed by atoms with Crippen molar-refractivity contribution < 1.29 is 8.42 Å². The maximum Gasteiger partial charge on any atom is 0.244 e. The Morgan fingerprint density at radius 1 is 1.30 bits per heavy atom. The molecule has 0 aliphatic carbocycles. The van der Waals surface area contributed by atoms with Gasteiger partial charge in [0.1, 0.15) is 4.90 Å². The van der Waals surface area contributed by atoms with E-state index in [-0.39, 0.29) is 22.2 Å². The summed E-state index contributed by atoms with van der Waals surface area (Å²) in [5.41, 5.74) is 5.72. The van der Waals surface area contributed by atoms with Crippen LogP contribution in [0.15, 0.2) is 34.5 Å². The molecule has 4 nitrogen and oxygen atoms in total. The molecule has 0 fully saturated rings. The van der Waals surface area contributed by atoms with Crippen LogP contribution >= 0.6 is 34.5 Å². The van der Waals surface area contributed by atoms with E-state index in [1.54, 1.807) is 11.3 Å². The number of anilines is 1. The minimum absolute atomic E-state index is 0.0126. The van der Waals surface area contributed by atoms with Crippen molar-refractivity contribution in [1.29, 1.82) is 0 Å². The highest BCUT2D eigenvalue weighted by Gasteiger charge is 2.21. The Hall–Kier alpha value is -0.790. The summed E-state index contributed by atoms with van der Waals surface area (Å²) in [5, 5.41) is 2.25. The van der Waals surface area contributed by atoms with E-state index in [0.717, 1.165) is 4.88 Å². The number of rotatable bonds is 5. The van der Waals surface area contributed by atoms with Crippen molar-refractivity contribution in [1.82, 2.24) is 4.72 Å². The second-order valence-electron chi connectivity index (χ2n) is 4.03. The van der Waals surface area contributed by atoms with Crippen LogP contribution in [0.2, 0.25) is 10.0 Å².